The zero-order chi connectivity index (χ0) is 13.1. The largest absolute Gasteiger partial charge is 0.480 e. The molecule has 1 aromatic rings. The van der Waals surface area contributed by atoms with Gasteiger partial charge in [0.2, 0.25) is 0 Å². The van der Waals surface area contributed by atoms with Crippen molar-refractivity contribution in [3.05, 3.63) is 11.1 Å². The van der Waals surface area contributed by atoms with Crippen molar-refractivity contribution in [1.82, 2.24) is 9.88 Å². The Labute approximate surface area is 111 Å². The normalized spacial score (nSPS) is 18.9. The number of rotatable bonds is 4. The van der Waals surface area contributed by atoms with Gasteiger partial charge in [-0.3, -0.25) is 9.69 Å². The second-order valence-electron chi connectivity index (χ2n) is 4.54. The fourth-order valence-corrected chi connectivity index (χ4v) is 3.11. The quantitative estimate of drug-likeness (QED) is 0.896. The summed E-state index contributed by atoms with van der Waals surface area (Å²) in [6.45, 7) is 7.28. The lowest BCUT2D eigenvalue weighted by Gasteiger charge is -2.37. The Morgan fingerprint density at radius 3 is 2.61 bits per heavy atom. The summed E-state index contributed by atoms with van der Waals surface area (Å²) in [7, 11) is 0. The number of thiazole rings is 1. The molecule has 0 aromatic carbocycles. The number of aliphatic carboxylic acids is 1. The molecule has 1 fully saturated rings. The molecular formula is C12H19N3O2S. The molecule has 1 aliphatic rings. The van der Waals surface area contributed by atoms with E-state index in [4.69, 9.17) is 5.11 Å². The number of nitrogens with zero attached hydrogens (tertiary/aromatic N) is 3. The van der Waals surface area contributed by atoms with Gasteiger partial charge < -0.3 is 10.0 Å². The summed E-state index contributed by atoms with van der Waals surface area (Å²) in [5.41, 5.74) is 0. The monoisotopic (exact) mass is 269 g/mol. The summed E-state index contributed by atoms with van der Waals surface area (Å²) in [5.74, 6) is -0.712. The third-order valence-electron chi connectivity index (χ3n) is 3.31. The Morgan fingerprint density at radius 2 is 2.17 bits per heavy atom. The van der Waals surface area contributed by atoms with Gasteiger partial charge in [0.15, 0.2) is 5.13 Å². The maximum Gasteiger partial charge on any atom is 0.320 e. The van der Waals surface area contributed by atoms with Crippen molar-refractivity contribution in [1.29, 1.82) is 0 Å². The highest BCUT2D eigenvalue weighted by atomic mass is 32.1. The first-order chi connectivity index (χ1) is 8.61. The summed E-state index contributed by atoms with van der Waals surface area (Å²) in [4.78, 5) is 21.0. The number of carbonyl (C=O) groups is 1. The fraction of sp³-hybridized carbons (Fsp3) is 0.667. The summed E-state index contributed by atoms with van der Waals surface area (Å²) < 4.78 is 0. The molecule has 1 N–H and O–H groups in total. The zero-order valence-electron chi connectivity index (χ0n) is 10.8. The molecule has 0 amide bonds. The van der Waals surface area contributed by atoms with Gasteiger partial charge in [-0.2, -0.15) is 0 Å². The van der Waals surface area contributed by atoms with Crippen molar-refractivity contribution in [2.75, 3.05) is 31.1 Å². The maximum atomic E-state index is 11.1. The Bertz CT molecular complexity index is 413. The van der Waals surface area contributed by atoms with Crippen molar-refractivity contribution in [2.45, 2.75) is 26.3 Å². The molecule has 0 radical (unpaired) electrons. The number of anilines is 1. The van der Waals surface area contributed by atoms with E-state index >= 15 is 0 Å². The van der Waals surface area contributed by atoms with Gasteiger partial charge in [0.1, 0.15) is 6.04 Å². The van der Waals surface area contributed by atoms with Gasteiger partial charge >= 0.3 is 5.97 Å². The van der Waals surface area contributed by atoms with Gasteiger partial charge in [0, 0.05) is 37.3 Å². The lowest BCUT2D eigenvalue weighted by molar-refractivity contribution is -0.143. The van der Waals surface area contributed by atoms with E-state index < -0.39 is 5.97 Å². The molecule has 1 unspecified atom stereocenters. The van der Waals surface area contributed by atoms with E-state index in [1.165, 1.54) is 4.88 Å². The fourth-order valence-electron chi connectivity index (χ4n) is 2.30. The first-order valence-corrected chi connectivity index (χ1v) is 7.07. The Balaban J connectivity index is 1.93. The number of aromatic nitrogens is 1. The molecule has 1 aliphatic heterocycles. The van der Waals surface area contributed by atoms with Crippen molar-refractivity contribution in [2.24, 2.45) is 0 Å². The molecule has 1 atom stereocenters. The lowest BCUT2D eigenvalue weighted by atomic mass is 10.1. The molecule has 1 aromatic heterocycles. The van der Waals surface area contributed by atoms with Crippen molar-refractivity contribution < 1.29 is 9.90 Å². The van der Waals surface area contributed by atoms with Crippen LogP contribution < -0.4 is 4.90 Å². The Kier molecular flexibility index (Phi) is 4.19. The first kappa shape index (κ1) is 13.3. The highest BCUT2D eigenvalue weighted by molar-refractivity contribution is 7.15. The van der Waals surface area contributed by atoms with Crippen molar-refractivity contribution in [3.8, 4) is 0 Å². The number of carboxylic acid groups (broad SMARTS) is 1. The highest BCUT2D eigenvalue weighted by Gasteiger charge is 2.27. The van der Waals surface area contributed by atoms with E-state index in [0.717, 1.165) is 31.3 Å². The topological polar surface area (TPSA) is 56.7 Å². The predicted octanol–water partition coefficient (Wildman–Crippen LogP) is 1.44. The minimum atomic E-state index is -0.712. The van der Waals surface area contributed by atoms with Gasteiger partial charge in [-0.1, -0.05) is 6.92 Å². The molecule has 2 rings (SSSR count). The molecular weight excluding hydrogens is 250 g/mol. The smallest absolute Gasteiger partial charge is 0.320 e. The van der Waals surface area contributed by atoms with Gasteiger partial charge in [0.05, 0.1) is 0 Å². The average Bonchev–Trinajstić information content (AvgIpc) is 2.77. The van der Waals surface area contributed by atoms with Gasteiger partial charge in [-0.05, 0) is 13.3 Å². The summed E-state index contributed by atoms with van der Waals surface area (Å²) >= 11 is 1.70. The van der Waals surface area contributed by atoms with Crippen LogP contribution in [0.4, 0.5) is 5.13 Å². The van der Waals surface area contributed by atoms with Gasteiger partial charge in [-0.25, -0.2) is 4.98 Å². The van der Waals surface area contributed by atoms with Crippen LogP contribution in [0.3, 0.4) is 0 Å². The van der Waals surface area contributed by atoms with Crippen LogP contribution in [0.1, 0.15) is 18.2 Å². The minimum absolute atomic E-state index is 0.342. The van der Waals surface area contributed by atoms with Gasteiger partial charge in [-0.15, -0.1) is 11.3 Å². The summed E-state index contributed by atoms with van der Waals surface area (Å²) in [5, 5.41) is 10.2. The summed E-state index contributed by atoms with van der Waals surface area (Å²) in [6.07, 6.45) is 2.55. The van der Waals surface area contributed by atoms with Crippen LogP contribution in [0.5, 0.6) is 0 Å². The maximum absolute atomic E-state index is 11.1. The third-order valence-corrected chi connectivity index (χ3v) is 4.28. The SMILES string of the molecule is CCC(C(=O)O)N1CCN(c2ncc(C)s2)CC1. The van der Waals surface area contributed by atoms with E-state index in [0.29, 0.717) is 6.42 Å². The molecule has 0 aliphatic carbocycles. The van der Waals surface area contributed by atoms with E-state index in [1.807, 2.05) is 13.1 Å². The molecule has 100 valence electrons. The molecule has 5 nitrogen and oxygen atoms in total. The van der Waals surface area contributed by atoms with Crippen LogP contribution in [0.25, 0.3) is 0 Å². The van der Waals surface area contributed by atoms with Crippen LogP contribution in [-0.4, -0.2) is 53.2 Å². The molecule has 0 saturated carbocycles. The molecule has 18 heavy (non-hydrogen) atoms. The van der Waals surface area contributed by atoms with E-state index in [2.05, 4.69) is 21.7 Å². The number of carboxylic acids is 1. The standard InChI is InChI=1S/C12H19N3O2S/c1-3-10(11(16)17)14-4-6-15(7-5-14)12-13-8-9(2)18-12/h8,10H,3-7H2,1-2H3,(H,16,17). The molecule has 1 saturated heterocycles. The van der Waals surface area contributed by atoms with E-state index in [9.17, 15) is 4.79 Å². The summed E-state index contributed by atoms with van der Waals surface area (Å²) in [6, 6.07) is -0.342. The first-order valence-electron chi connectivity index (χ1n) is 6.26. The molecule has 6 heteroatoms. The van der Waals surface area contributed by atoms with Crippen LogP contribution in [0, 0.1) is 6.92 Å². The number of aryl methyl sites for hydroxylation is 1. The Morgan fingerprint density at radius 1 is 1.50 bits per heavy atom. The minimum Gasteiger partial charge on any atom is -0.480 e. The van der Waals surface area contributed by atoms with E-state index in [1.54, 1.807) is 11.3 Å². The zero-order valence-corrected chi connectivity index (χ0v) is 11.6. The van der Waals surface area contributed by atoms with E-state index in [-0.39, 0.29) is 6.04 Å². The van der Waals surface area contributed by atoms with Crippen LogP contribution in [-0.2, 0) is 4.79 Å². The average molecular weight is 269 g/mol. The molecule has 2 heterocycles. The third kappa shape index (κ3) is 2.81. The second-order valence-corrected chi connectivity index (χ2v) is 5.75. The Hall–Kier alpha value is -1.14. The predicted molar refractivity (Wildman–Crippen MR) is 72.4 cm³/mol. The highest BCUT2D eigenvalue weighted by Crippen LogP contribution is 2.23. The number of hydrogen-bond acceptors (Lipinski definition) is 5. The molecule has 0 spiro atoms. The van der Waals surface area contributed by atoms with Gasteiger partial charge in [0.25, 0.3) is 0 Å². The van der Waals surface area contributed by atoms with Crippen LogP contribution >= 0.6 is 11.3 Å². The second kappa shape index (κ2) is 5.67. The van der Waals surface area contributed by atoms with Crippen LogP contribution in [0.15, 0.2) is 6.20 Å². The number of piperazine rings is 1. The molecule has 0 bridgehead atoms. The van der Waals surface area contributed by atoms with Crippen molar-refractivity contribution >= 4 is 22.4 Å². The van der Waals surface area contributed by atoms with Crippen molar-refractivity contribution in [3.63, 3.8) is 0 Å². The van der Waals surface area contributed by atoms with Crippen LogP contribution in [0.2, 0.25) is 0 Å². The lowest BCUT2D eigenvalue weighted by Crippen LogP contribution is -2.52. The number of hydrogen-bond donors (Lipinski definition) is 1.